The molecule has 0 saturated carbocycles. The highest BCUT2D eigenvalue weighted by atomic mass is 16.4. The third kappa shape index (κ3) is 14.3. The number of carbonyl (C=O) groups excluding carboxylic acids is 6. The first-order valence-corrected chi connectivity index (χ1v) is 20.8. The van der Waals surface area contributed by atoms with Crippen LogP contribution in [-0.4, -0.2) is 137 Å². The second kappa shape index (κ2) is 23.7. The number of fused-ring (bicyclic) bond motifs is 1. The van der Waals surface area contributed by atoms with E-state index in [4.69, 9.17) is 5.73 Å². The van der Waals surface area contributed by atoms with E-state index >= 15 is 0 Å². The molecule has 0 fully saturated rings. The Morgan fingerprint density at radius 3 is 1.62 bits per heavy atom. The minimum absolute atomic E-state index is 0.126. The lowest BCUT2D eigenvalue weighted by Crippen LogP contribution is -2.61. The summed E-state index contributed by atoms with van der Waals surface area (Å²) < 4.78 is 0. The van der Waals surface area contributed by atoms with Gasteiger partial charge in [0.15, 0.2) is 0 Å². The number of para-hydroxylation sites is 1. The number of carbonyl (C=O) groups is 8. The van der Waals surface area contributed by atoms with Gasteiger partial charge in [-0.25, -0.2) is 14.8 Å². The van der Waals surface area contributed by atoms with Gasteiger partial charge in [0.2, 0.25) is 35.4 Å². The van der Waals surface area contributed by atoms with Crippen LogP contribution in [0.4, 0.5) is 0 Å². The van der Waals surface area contributed by atoms with E-state index in [1.54, 1.807) is 54.7 Å². The number of carboxylic acids is 2. The summed E-state index contributed by atoms with van der Waals surface area (Å²) in [5.74, 6) is -8.07. The predicted octanol–water partition coefficient (Wildman–Crippen LogP) is -1.92. The fourth-order valence-corrected chi connectivity index (χ4v) is 6.83. The second-order valence-electron chi connectivity index (χ2n) is 15.4. The molecule has 0 saturated heterocycles. The van der Waals surface area contributed by atoms with Gasteiger partial charge >= 0.3 is 11.9 Å². The van der Waals surface area contributed by atoms with E-state index in [-0.39, 0.29) is 32.1 Å². The SMILES string of the molecule is C[C@H](N)C(=O)N[C@@H](CCC(=O)O)C(=O)N[C@@H](Cc1ccccc1)C(=O)N[C@@H](CO)C(=O)N[C@@H](Cc1cnc[nH]1)C(=O)N[C@@H](Cc1c[nH]c2ccccc12)C(=O)N[C@@H](Cc1cnc[nH]1)C(=O)O. The van der Waals surface area contributed by atoms with Crippen LogP contribution in [0.3, 0.4) is 0 Å². The Morgan fingerprint density at radius 1 is 0.591 bits per heavy atom. The molecule has 5 rings (SSSR count). The van der Waals surface area contributed by atoms with Crippen LogP contribution in [0, 0.1) is 0 Å². The van der Waals surface area contributed by atoms with Crippen LogP contribution in [0.1, 0.15) is 42.3 Å². The molecule has 0 spiro atoms. The van der Waals surface area contributed by atoms with Crippen molar-refractivity contribution in [2.75, 3.05) is 6.61 Å². The van der Waals surface area contributed by atoms with Crippen LogP contribution in [0.2, 0.25) is 0 Å². The molecule has 0 aliphatic heterocycles. The molecule has 66 heavy (non-hydrogen) atoms. The van der Waals surface area contributed by atoms with Gasteiger partial charge in [-0.15, -0.1) is 0 Å². The topological polar surface area (TPSA) is 369 Å². The fourth-order valence-electron chi connectivity index (χ4n) is 6.83. The molecule has 2 aromatic carbocycles. The Kier molecular flexibility index (Phi) is 17.6. The molecule has 23 nitrogen and oxygen atoms in total. The molecule has 23 heteroatoms. The normalized spacial score (nSPS) is 14.3. The van der Waals surface area contributed by atoms with Crippen molar-refractivity contribution in [2.24, 2.45) is 5.73 Å². The quantitative estimate of drug-likeness (QED) is 0.0304. The molecule has 0 aliphatic rings. The Bertz CT molecular complexity index is 2440. The smallest absolute Gasteiger partial charge is 0.326 e. The van der Waals surface area contributed by atoms with Crippen molar-refractivity contribution in [2.45, 2.75) is 87.7 Å². The Morgan fingerprint density at radius 2 is 1.08 bits per heavy atom. The summed E-state index contributed by atoms with van der Waals surface area (Å²) in [7, 11) is 0. The number of nitrogens with one attached hydrogen (secondary N) is 9. The van der Waals surface area contributed by atoms with Gasteiger partial charge in [-0.1, -0.05) is 48.5 Å². The molecule has 0 unspecified atom stereocenters. The summed E-state index contributed by atoms with van der Waals surface area (Å²) in [4.78, 5) is 122. The summed E-state index contributed by atoms with van der Waals surface area (Å²) in [5.41, 5.74) is 8.34. The average Bonchev–Trinajstić information content (AvgIpc) is 4.10. The number of aromatic amines is 3. The number of aromatic nitrogens is 5. The Hall–Kier alpha value is -7.92. The van der Waals surface area contributed by atoms with Crippen molar-refractivity contribution in [1.82, 2.24) is 56.8 Å². The number of H-pyrrole nitrogens is 3. The van der Waals surface area contributed by atoms with Gasteiger partial charge in [-0.3, -0.25) is 33.6 Å². The lowest BCUT2D eigenvalue weighted by atomic mass is 10.0. The minimum Gasteiger partial charge on any atom is -0.481 e. The van der Waals surface area contributed by atoms with E-state index in [2.05, 4.69) is 56.8 Å². The number of aliphatic carboxylic acids is 2. The first kappa shape index (κ1) is 49.1. The number of amides is 6. The highest BCUT2D eigenvalue weighted by Crippen LogP contribution is 2.20. The minimum atomic E-state index is -1.73. The van der Waals surface area contributed by atoms with E-state index < -0.39 is 103 Å². The number of carboxylic acid groups (broad SMARTS) is 2. The number of benzene rings is 2. The molecular weight excluding hydrogens is 861 g/mol. The number of aliphatic hydroxyl groups is 1. The number of hydrogen-bond donors (Lipinski definition) is 13. The molecule has 14 N–H and O–H groups in total. The van der Waals surface area contributed by atoms with Gasteiger partial charge in [-0.2, -0.15) is 0 Å². The first-order valence-electron chi connectivity index (χ1n) is 20.8. The van der Waals surface area contributed by atoms with Gasteiger partial charge in [-0.05, 0) is 30.5 Å². The van der Waals surface area contributed by atoms with E-state index in [0.29, 0.717) is 22.5 Å². The van der Waals surface area contributed by atoms with Crippen molar-refractivity contribution in [3.63, 3.8) is 0 Å². The number of nitrogens with zero attached hydrogens (tertiary/aromatic N) is 2. The number of hydrogen-bond acceptors (Lipinski definition) is 12. The molecule has 6 amide bonds. The van der Waals surface area contributed by atoms with Crippen LogP contribution in [-0.2, 0) is 64.0 Å². The number of aliphatic hydroxyl groups excluding tert-OH is 1. The molecule has 5 aromatic rings. The molecule has 0 radical (unpaired) electrons. The maximum absolute atomic E-state index is 14.3. The van der Waals surface area contributed by atoms with Gasteiger partial charge in [0.1, 0.15) is 36.3 Å². The maximum Gasteiger partial charge on any atom is 0.326 e. The molecule has 7 atom stereocenters. The van der Waals surface area contributed by atoms with Crippen molar-refractivity contribution >= 4 is 58.3 Å². The highest BCUT2D eigenvalue weighted by Gasteiger charge is 2.34. The number of imidazole rings is 2. The summed E-state index contributed by atoms with van der Waals surface area (Å²) in [6.45, 7) is 0.366. The third-order valence-electron chi connectivity index (χ3n) is 10.4. The predicted molar refractivity (Wildman–Crippen MR) is 234 cm³/mol. The molecule has 3 aromatic heterocycles. The van der Waals surface area contributed by atoms with Gasteiger partial charge in [0.05, 0.1) is 25.3 Å². The monoisotopic (exact) mass is 912 g/mol. The zero-order valence-corrected chi connectivity index (χ0v) is 35.7. The highest BCUT2D eigenvalue weighted by molar-refractivity contribution is 5.97. The van der Waals surface area contributed by atoms with Crippen LogP contribution in [0.5, 0.6) is 0 Å². The Balaban J connectivity index is 1.37. The van der Waals surface area contributed by atoms with Gasteiger partial charge < -0.3 is 67.9 Å². The van der Waals surface area contributed by atoms with Crippen LogP contribution in [0.15, 0.2) is 85.8 Å². The molecule has 3 heterocycles. The van der Waals surface area contributed by atoms with Gasteiger partial charge in [0.25, 0.3) is 0 Å². The lowest BCUT2D eigenvalue weighted by Gasteiger charge is -2.27. The zero-order chi connectivity index (χ0) is 47.8. The van der Waals surface area contributed by atoms with Crippen molar-refractivity contribution in [1.29, 1.82) is 0 Å². The summed E-state index contributed by atoms with van der Waals surface area (Å²) in [6.07, 6.45) is 5.58. The molecule has 350 valence electrons. The average molecular weight is 913 g/mol. The molecular formula is C43H52N12O11. The largest absolute Gasteiger partial charge is 0.481 e. The van der Waals surface area contributed by atoms with Crippen LogP contribution in [0.25, 0.3) is 10.9 Å². The van der Waals surface area contributed by atoms with Crippen LogP contribution < -0.4 is 37.6 Å². The molecule has 0 aliphatic carbocycles. The van der Waals surface area contributed by atoms with E-state index in [0.717, 1.165) is 10.9 Å². The lowest BCUT2D eigenvalue weighted by molar-refractivity contribution is -0.142. The van der Waals surface area contributed by atoms with Crippen molar-refractivity contribution < 1.29 is 53.7 Å². The second-order valence-corrected chi connectivity index (χ2v) is 15.4. The zero-order valence-electron chi connectivity index (χ0n) is 35.7. The summed E-state index contributed by atoms with van der Waals surface area (Å²) in [6, 6.07) is 5.61. The third-order valence-corrected chi connectivity index (χ3v) is 10.4. The van der Waals surface area contributed by atoms with Gasteiger partial charge in [0, 0.05) is 73.0 Å². The Labute approximate surface area is 376 Å². The summed E-state index contributed by atoms with van der Waals surface area (Å²) >= 11 is 0. The van der Waals surface area contributed by atoms with Crippen LogP contribution >= 0.6 is 0 Å². The number of rotatable bonds is 25. The van der Waals surface area contributed by atoms with Crippen molar-refractivity contribution in [3.8, 4) is 0 Å². The fraction of sp³-hybridized carbons (Fsp3) is 0.349. The molecule has 0 bridgehead atoms. The van der Waals surface area contributed by atoms with Crippen molar-refractivity contribution in [3.05, 3.63) is 108 Å². The maximum atomic E-state index is 14.3. The standard InChI is InChI=1S/C43H52N12O11/c1-23(44)37(59)50-30(11-12-36(57)58)38(60)51-31(13-24-7-3-2-4-8-24)39(61)55-35(20-56)42(64)53-33(15-26-18-45-21-48-26)41(63)52-32(14-25-17-47-29-10-6-5-9-28(25)29)40(62)54-34(43(65)66)16-27-19-46-22-49-27/h2-10,17-19,21-23,30-35,47,56H,11-16,20,44H2,1H3,(H,45,48)(H,46,49)(H,50,59)(H,51,60)(H,52,63)(H,53,64)(H,54,62)(H,55,61)(H,57,58)(H,65,66)/t23-,30-,31-,32-,33-,34-,35-/m0/s1. The van der Waals surface area contributed by atoms with E-state index in [1.807, 2.05) is 6.07 Å². The first-order chi connectivity index (χ1) is 31.6. The summed E-state index contributed by atoms with van der Waals surface area (Å²) in [5, 5.41) is 45.4. The number of nitrogens with two attached hydrogens (primary N) is 1. The van der Waals surface area contributed by atoms with E-state index in [1.165, 1.54) is 32.0 Å². The van der Waals surface area contributed by atoms with E-state index in [9.17, 15) is 53.7 Å².